The number of aryl methyl sites for hydroxylation is 1. The van der Waals surface area contributed by atoms with Crippen LogP contribution in [0.3, 0.4) is 0 Å². The Morgan fingerprint density at radius 1 is 1.14 bits per heavy atom. The summed E-state index contributed by atoms with van der Waals surface area (Å²) >= 11 is 3.66. The van der Waals surface area contributed by atoms with Crippen LogP contribution in [0.25, 0.3) is 0 Å². The second kappa shape index (κ2) is 7.71. The lowest BCUT2D eigenvalue weighted by Gasteiger charge is -2.21. The summed E-state index contributed by atoms with van der Waals surface area (Å²) in [7, 11) is 0. The van der Waals surface area contributed by atoms with E-state index in [-0.39, 0.29) is 11.9 Å². The monoisotopic (exact) mass is 349 g/mol. The molecule has 112 valence electrons. The highest BCUT2D eigenvalue weighted by atomic mass is 79.9. The number of nitrogens with one attached hydrogen (secondary N) is 1. The van der Waals surface area contributed by atoms with Gasteiger partial charge in [0.2, 0.25) is 0 Å². The van der Waals surface area contributed by atoms with E-state index in [0.717, 1.165) is 29.4 Å². The summed E-state index contributed by atoms with van der Waals surface area (Å²) in [6, 6.07) is 13.4. The molecule has 21 heavy (non-hydrogen) atoms. The summed E-state index contributed by atoms with van der Waals surface area (Å²) in [6.45, 7) is 5.21. The van der Waals surface area contributed by atoms with E-state index in [4.69, 9.17) is 0 Å². The van der Waals surface area contributed by atoms with Crippen LogP contribution in [-0.4, -0.2) is 6.54 Å². The van der Waals surface area contributed by atoms with Gasteiger partial charge in [-0.1, -0.05) is 47.1 Å². The van der Waals surface area contributed by atoms with Gasteiger partial charge in [-0.15, -0.1) is 0 Å². The van der Waals surface area contributed by atoms with E-state index in [0.29, 0.717) is 0 Å². The molecule has 0 amide bonds. The van der Waals surface area contributed by atoms with E-state index in [1.54, 1.807) is 0 Å². The van der Waals surface area contributed by atoms with Crippen LogP contribution in [-0.2, 0) is 6.42 Å². The van der Waals surface area contributed by atoms with Crippen LogP contribution < -0.4 is 5.32 Å². The van der Waals surface area contributed by atoms with E-state index < -0.39 is 0 Å². The number of rotatable bonds is 6. The molecule has 3 heteroatoms. The lowest BCUT2D eigenvalue weighted by molar-refractivity contribution is 0.527. The number of halogens is 2. The first-order chi connectivity index (χ1) is 10.1. The molecule has 0 aromatic heterocycles. The van der Waals surface area contributed by atoms with Crippen molar-refractivity contribution in [2.75, 3.05) is 6.54 Å². The van der Waals surface area contributed by atoms with Gasteiger partial charge < -0.3 is 5.32 Å². The lowest BCUT2D eigenvalue weighted by atomic mass is 9.98. The van der Waals surface area contributed by atoms with Gasteiger partial charge in [0, 0.05) is 10.5 Å². The molecule has 1 unspecified atom stereocenters. The van der Waals surface area contributed by atoms with Crippen LogP contribution >= 0.6 is 15.9 Å². The summed E-state index contributed by atoms with van der Waals surface area (Å²) in [4.78, 5) is 0. The van der Waals surface area contributed by atoms with Crippen molar-refractivity contribution in [2.45, 2.75) is 32.7 Å². The Hall–Kier alpha value is -1.19. The quantitative estimate of drug-likeness (QED) is 0.757. The fourth-order valence-electron chi connectivity index (χ4n) is 2.38. The Bertz CT molecular complexity index is 580. The normalized spacial score (nSPS) is 12.4. The van der Waals surface area contributed by atoms with Gasteiger partial charge in [0.15, 0.2) is 0 Å². The molecule has 1 atom stereocenters. The van der Waals surface area contributed by atoms with Gasteiger partial charge in [-0.3, -0.25) is 0 Å². The van der Waals surface area contributed by atoms with Crippen LogP contribution in [0.1, 0.15) is 36.1 Å². The highest BCUT2D eigenvalue weighted by Gasteiger charge is 2.14. The van der Waals surface area contributed by atoms with Crippen LogP contribution in [0.4, 0.5) is 4.39 Å². The molecule has 0 aliphatic heterocycles. The first-order valence-electron chi connectivity index (χ1n) is 7.34. The Morgan fingerprint density at radius 3 is 2.48 bits per heavy atom. The van der Waals surface area contributed by atoms with Gasteiger partial charge in [-0.2, -0.15) is 0 Å². The van der Waals surface area contributed by atoms with Crippen LogP contribution in [0.2, 0.25) is 0 Å². The van der Waals surface area contributed by atoms with Gasteiger partial charge >= 0.3 is 0 Å². The summed E-state index contributed by atoms with van der Waals surface area (Å²) in [6.07, 6.45) is 1.94. The van der Waals surface area contributed by atoms with E-state index in [1.165, 1.54) is 23.3 Å². The van der Waals surface area contributed by atoms with Crippen molar-refractivity contribution in [1.29, 1.82) is 0 Å². The minimum atomic E-state index is -0.187. The molecule has 2 rings (SSSR count). The molecule has 2 aromatic carbocycles. The highest BCUT2D eigenvalue weighted by Crippen LogP contribution is 2.27. The molecule has 0 saturated heterocycles. The van der Waals surface area contributed by atoms with Gasteiger partial charge in [0.05, 0.1) is 0 Å². The van der Waals surface area contributed by atoms with Gasteiger partial charge in [0.25, 0.3) is 0 Å². The van der Waals surface area contributed by atoms with Gasteiger partial charge in [-0.25, -0.2) is 4.39 Å². The van der Waals surface area contributed by atoms with E-state index in [1.807, 2.05) is 12.1 Å². The SMILES string of the molecule is CCCNC(Cc1ccc(F)cc1)c1ccc(C)cc1Br. The number of hydrogen-bond acceptors (Lipinski definition) is 1. The molecule has 1 N–H and O–H groups in total. The fraction of sp³-hybridized carbons (Fsp3) is 0.333. The predicted octanol–water partition coefficient (Wildman–Crippen LogP) is 5.18. The summed E-state index contributed by atoms with van der Waals surface area (Å²) in [5, 5.41) is 3.59. The van der Waals surface area contributed by atoms with Crippen LogP contribution in [0, 0.1) is 12.7 Å². The summed E-state index contributed by atoms with van der Waals surface area (Å²) in [5.41, 5.74) is 3.62. The molecule has 1 nitrogen and oxygen atoms in total. The molecular weight excluding hydrogens is 329 g/mol. The van der Waals surface area contributed by atoms with Crippen molar-refractivity contribution in [2.24, 2.45) is 0 Å². The van der Waals surface area contributed by atoms with E-state index >= 15 is 0 Å². The molecule has 0 spiro atoms. The number of benzene rings is 2. The lowest BCUT2D eigenvalue weighted by Crippen LogP contribution is -2.24. The van der Waals surface area contributed by atoms with Crippen molar-refractivity contribution in [1.82, 2.24) is 5.32 Å². The third-order valence-corrected chi connectivity index (χ3v) is 4.21. The van der Waals surface area contributed by atoms with Crippen molar-refractivity contribution < 1.29 is 4.39 Å². The molecule has 0 bridgehead atoms. The van der Waals surface area contributed by atoms with Crippen molar-refractivity contribution in [3.63, 3.8) is 0 Å². The molecule has 0 heterocycles. The van der Waals surface area contributed by atoms with Crippen LogP contribution in [0.5, 0.6) is 0 Å². The Labute approximate surface area is 134 Å². The Balaban J connectivity index is 2.22. The van der Waals surface area contributed by atoms with Crippen LogP contribution in [0.15, 0.2) is 46.9 Å². The minimum absolute atomic E-state index is 0.187. The molecule has 2 aromatic rings. The van der Waals surface area contributed by atoms with Crippen molar-refractivity contribution in [3.8, 4) is 0 Å². The predicted molar refractivity (Wildman–Crippen MR) is 90.0 cm³/mol. The van der Waals surface area contributed by atoms with Crippen molar-refractivity contribution >= 4 is 15.9 Å². The molecule has 0 aliphatic rings. The molecule has 0 radical (unpaired) electrons. The molecule has 0 saturated carbocycles. The molecule has 0 aliphatic carbocycles. The van der Waals surface area contributed by atoms with Gasteiger partial charge in [0.1, 0.15) is 5.82 Å². The zero-order chi connectivity index (χ0) is 15.2. The summed E-state index contributed by atoms with van der Waals surface area (Å²) in [5.74, 6) is -0.187. The second-order valence-electron chi connectivity index (χ2n) is 5.36. The Kier molecular flexibility index (Phi) is 5.95. The zero-order valence-corrected chi connectivity index (χ0v) is 14.1. The first-order valence-corrected chi connectivity index (χ1v) is 8.13. The second-order valence-corrected chi connectivity index (χ2v) is 6.22. The standard InChI is InChI=1S/C18H21BrFN/c1-3-10-21-18(12-14-5-7-15(20)8-6-14)16-9-4-13(2)11-17(16)19/h4-9,11,18,21H,3,10,12H2,1-2H3. The maximum absolute atomic E-state index is 13.0. The number of hydrogen-bond donors (Lipinski definition) is 1. The maximum Gasteiger partial charge on any atom is 0.123 e. The maximum atomic E-state index is 13.0. The smallest absolute Gasteiger partial charge is 0.123 e. The largest absolute Gasteiger partial charge is 0.310 e. The average Bonchev–Trinajstić information content (AvgIpc) is 2.46. The van der Waals surface area contributed by atoms with Crippen molar-refractivity contribution in [3.05, 3.63) is 69.4 Å². The van der Waals surface area contributed by atoms with E-state index in [2.05, 4.69) is 53.3 Å². The molecular formula is C18H21BrFN. The zero-order valence-electron chi connectivity index (χ0n) is 12.5. The third-order valence-electron chi connectivity index (χ3n) is 3.53. The topological polar surface area (TPSA) is 12.0 Å². The van der Waals surface area contributed by atoms with Gasteiger partial charge in [-0.05, 0) is 61.2 Å². The summed E-state index contributed by atoms with van der Waals surface area (Å²) < 4.78 is 14.2. The first kappa shape index (κ1) is 16.2. The average molecular weight is 350 g/mol. The highest BCUT2D eigenvalue weighted by molar-refractivity contribution is 9.10. The fourth-order valence-corrected chi connectivity index (χ4v) is 3.15. The third kappa shape index (κ3) is 4.65. The molecule has 0 fully saturated rings. The van der Waals surface area contributed by atoms with E-state index in [9.17, 15) is 4.39 Å². The minimum Gasteiger partial charge on any atom is -0.310 e. The Morgan fingerprint density at radius 2 is 1.86 bits per heavy atom.